The van der Waals surface area contributed by atoms with Gasteiger partial charge in [-0.25, -0.2) is 0 Å². The highest BCUT2D eigenvalue weighted by Gasteiger charge is 2.31. The number of piperidine rings is 1. The first-order valence-corrected chi connectivity index (χ1v) is 9.90. The molecule has 0 N–H and O–H groups in total. The van der Waals surface area contributed by atoms with Gasteiger partial charge < -0.3 is 14.2 Å². The minimum Gasteiger partial charge on any atom is -0.468 e. The van der Waals surface area contributed by atoms with E-state index in [4.69, 9.17) is 4.42 Å². The number of nitrogens with zero attached hydrogens (tertiary/aromatic N) is 4. The van der Waals surface area contributed by atoms with Crippen LogP contribution in [0.25, 0.3) is 0 Å². The van der Waals surface area contributed by atoms with E-state index in [0.29, 0.717) is 5.91 Å². The third-order valence-electron chi connectivity index (χ3n) is 5.65. The smallest absolute Gasteiger partial charge is 0.227 e. The average Bonchev–Trinajstić information content (AvgIpc) is 3.21. The lowest BCUT2D eigenvalue weighted by Gasteiger charge is -2.39. The summed E-state index contributed by atoms with van der Waals surface area (Å²) in [7, 11) is 0. The van der Waals surface area contributed by atoms with Crippen molar-refractivity contribution in [1.82, 2.24) is 14.8 Å². The Morgan fingerprint density at radius 3 is 2.81 bits per heavy atom. The fourth-order valence-corrected chi connectivity index (χ4v) is 4.19. The van der Waals surface area contributed by atoms with E-state index < -0.39 is 0 Å². The third-order valence-corrected chi connectivity index (χ3v) is 5.65. The van der Waals surface area contributed by atoms with Gasteiger partial charge in [0.05, 0.1) is 18.7 Å². The summed E-state index contributed by atoms with van der Waals surface area (Å²) < 4.78 is 5.46. The average molecular weight is 368 g/mol. The minimum atomic E-state index is 0.114. The standard InChI is InChI=1S/C21H28N4O2/c1-17-14-19(6-7-22-17)24-9-11-25(12-10-24)21(26)18-4-2-8-23(15-18)16-20-5-3-13-27-20/h3,5-7,13-14,18H,2,4,8-12,15-16H2,1H3. The molecule has 0 aromatic carbocycles. The van der Waals surface area contributed by atoms with E-state index in [-0.39, 0.29) is 5.92 Å². The van der Waals surface area contributed by atoms with Crippen molar-refractivity contribution in [2.24, 2.45) is 5.92 Å². The van der Waals surface area contributed by atoms with E-state index in [1.54, 1.807) is 6.26 Å². The predicted molar refractivity (Wildman–Crippen MR) is 104 cm³/mol. The molecule has 0 bridgehead atoms. The molecule has 6 nitrogen and oxygen atoms in total. The summed E-state index contributed by atoms with van der Waals surface area (Å²) in [5.74, 6) is 1.41. The maximum atomic E-state index is 13.0. The number of hydrogen-bond donors (Lipinski definition) is 0. The topological polar surface area (TPSA) is 52.8 Å². The highest BCUT2D eigenvalue weighted by Crippen LogP contribution is 2.23. The summed E-state index contributed by atoms with van der Waals surface area (Å²) in [6.45, 7) is 8.07. The number of anilines is 1. The number of hydrogen-bond acceptors (Lipinski definition) is 5. The van der Waals surface area contributed by atoms with Crippen LogP contribution in [0.15, 0.2) is 41.1 Å². The molecular formula is C21H28N4O2. The predicted octanol–water partition coefficient (Wildman–Crippen LogP) is 2.54. The fraction of sp³-hybridized carbons (Fsp3) is 0.524. The van der Waals surface area contributed by atoms with E-state index in [2.05, 4.69) is 31.8 Å². The summed E-state index contributed by atoms with van der Waals surface area (Å²) in [5, 5.41) is 0. The first-order chi connectivity index (χ1) is 13.2. The Morgan fingerprint density at radius 1 is 1.22 bits per heavy atom. The summed E-state index contributed by atoms with van der Waals surface area (Å²) in [4.78, 5) is 24.1. The second kappa shape index (κ2) is 8.13. The van der Waals surface area contributed by atoms with Crippen LogP contribution < -0.4 is 4.90 Å². The Hall–Kier alpha value is -2.34. The monoisotopic (exact) mass is 368 g/mol. The largest absolute Gasteiger partial charge is 0.468 e. The third kappa shape index (κ3) is 4.33. The molecule has 0 spiro atoms. The SMILES string of the molecule is Cc1cc(N2CCN(C(=O)C3CCCN(Cc4ccco4)C3)CC2)ccn1. The van der Waals surface area contributed by atoms with E-state index in [1.807, 2.05) is 25.3 Å². The molecule has 4 heterocycles. The Labute approximate surface area is 160 Å². The lowest BCUT2D eigenvalue weighted by molar-refractivity contribution is -0.137. The highest BCUT2D eigenvalue weighted by atomic mass is 16.3. The maximum Gasteiger partial charge on any atom is 0.227 e. The van der Waals surface area contributed by atoms with Gasteiger partial charge in [0, 0.05) is 50.3 Å². The van der Waals surface area contributed by atoms with Crippen LogP contribution >= 0.6 is 0 Å². The Kier molecular flexibility index (Phi) is 5.43. The molecule has 2 aromatic rings. The first-order valence-electron chi connectivity index (χ1n) is 9.90. The van der Waals surface area contributed by atoms with Crippen molar-refractivity contribution in [3.8, 4) is 0 Å². The summed E-state index contributed by atoms with van der Waals surface area (Å²) in [6, 6.07) is 8.10. The molecular weight excluding hydrogens is 340 g/mol. The molecule has 1 amide bonds. The molecule has 2 aliphatic heterocycles. The van der Waals surface area contributed by atoms with Crippen LogP contribution in [-0.4, -0.2) is 60.0 Å². The van der Waals surface area contributed by atoms with Crippen LogP contribution in [0.5, 0.6) is 0 Å². The number of aryl methyl sites for hydroxylation is 1. The molecule has 1 atom stereocenters. The zero-order valence-electron chi connectivity index (χ0n) is 16.0. The van der Waals surface area contributed by atoms with Crippen LogP contribution in [0.2, 0.25) is 0 Å². The fourth-order valence-electron chi connectivity index (χ4n) is 4.19. The van der Waals surface area contributed by atoms with Crippen molar-refractivity contribution >= 4 is 11.6 Å². The van der Waals surface area contributed by atoms with Gasteiger partial charge >= 0.3 is 0 Å². The van der Waals surface area contributed by atoms with Crippen molar-refractivity contribution in [2.45, 2.75) is 26.3 Å². The van der Waals surface area contributed by atoms with Gasteiger partial charge in [0.1, 0.15) is 5.76 Å². The lowest BCUT2D eigenvalue weighted by atomic mass is 9.96. The zero-order chi connectivity index (χ0) is 18.6. The van der Waals surface area contributed by atoms with E-state index >= 15 is 0 Å². The number of likely N-dealkylation sites (tertiary alicyclic amines) is 1. The molecule has 144 valence electrons. The van der Waals surface area contributed by atoms with Crippen molar-refractivity contribution < 1.29 is 9.21 Å². The number of carbonyl (C=O) groups is 1. The number of aromatic nitrogens is 1. The van der Waals surface area contributed by atoms with Gasteiger partial charge in [-0.2, -0.15) is 0 Å². The molecule has 2 aromatic heterocycles. The van der Waals surface area contributed by atoms with Gasteiger partial charge in [-0.05, 0) is 50.6 Å². The van der Waals surface area contributed by atoms with Crippen LogP contribution in [0.3, 0.4) is 0 Å². The molecule has 2 aliphatic rings. The number of piperazine rings is 1. The molecule has 0 aliphatic carbocycles. The Morgan fingerprint density at radius 2 is 2.07 bits per heavy atom. The van der Waals surface area contributed by atoms with Gasteiger partial charge in [0.15, 0.2) is 0 Å². The quantitative estimate of drug-likeness (QED) is 0.830. The number of rotatable bonds is 4. The molecule has 27 heavy (non-hydrogen) atoms. The number of carbonyl (C=O) groups excluding carboxylic acids is 1. The number of pyridine rings is 1. The van der Waals surface area contributed by atoms with Crippen LogP contribution in [0.4, 0.5) is 5.69 Å². The van der Waals surface area contributed by atoms with Gasteiger partial charge in [-0.3, -0.25) is 14.7 Å². The molecule has 2 saturated heterocycles. The Balaban J connectivity index is 1.31. The van der Waals surface area contributed by atoms with Crippen molar-refractivity contribution in [3.63, 3.8) is 0 Å². The second-order valence-electron chi connectivity index (χ2n) is 7.62. The first kappa shape index (κ1) is 18.0. The number of amides is 1. The van der Waals surface area contributed by atoms with Crippen molar-refractivity contribution in [1.29, 1.82) is 0 Å². The van der Waals surface area contributed by atoms with Crippen molar-refractivity contribution in [3.05, 3.63) is 48.2 Å². The van der Waals surface area contributed by atoms with Crippen LogP contribution in [0, 0.1) is 12.8 Å². The minimum absolute atomic E-state index is 0.114. The van der Waals surface area contributed by atoms with Crippen LogP contribution in [-0.2, 0) is 11.3 Å². The molecule has 4 rings (SSSR count). The normalized spacial score (nSPS) is 21.4. The molecule has 6 heteroatoms. The van der Waals surface area contributed by atoms with Gasteiger partial charge in [-0.1, -0.05) is 0 Å². The summed E-state index contributed by atoms with van der Waals surface area (Å²) in [6.07, 6.45) is 5.65. The van der Waals surface area contributed by atoms with E-state index in [0.717, 1.165) is 70.1 Å². The van der Waals surface area contributed by atoms with Crippen molar-refractivity contribution in [2.75, 3.05) is 44.2 Å². The van der Waals surface area contributed by atoms with Gasteiger partial charge in [0.25, 0.3) is 0 Å². The molecule has 1 unspecified atom stereocenters. The molecule has 2 fully saturated rings. The highest BCUT2D eigenvalue weighted by molar-refractivity contribution is 5.79. The summed E-state index contributed by atoms with van der Waals surface area (Å²) >= 11 is 0. The zero-order valence-corrected chi connectivity index (χ0v) is 16.0. The van der Waals surface area contributed by atoms with Crippen LogP contribution in [0.1, 0.15) is 24.3 Å². The van der Waals surface area contributed by atoms with E-state index in [9.17, 15) is 4.79 Å². The van der Waals surface area contributed by atoms with Gasteiger partial charge in [-0.15, -0.1) is 0 Å². The molecule has 0 radical (unpaired) electrons. The number of furan rings is 1. The summed E-state index contributed by atoms with van der Waals surface area (Å²) in [5.41, 5.74) is 2.24. The second-order valence-corrected chi connectivity index (χ2v) is 7.62. The Bertz CT molecular complexity index is 753. The maximum absolute atomic E-state index is 13.0. The van der Waals surface area contributed by atoms with E-state index in [1.165, 1.54) is 5.69 Å². The van der Waals surface area contributed by atoms with Gasteiger partial charge in [0.2, 0.25) is 5.91 Å². The lowest BCUT2D eigenvalue weighted by Crippen LogP contribution is -2.52. The molecule has 0 saturated carbocycles.